The van der Waals surface area contributed by atoms with Crippen molar-refractivity contribution in [2.75, 3.05) is 18.5 Å². The third-order valence-corrected chi connectivity index (χ3v) is 10.1. The Labute approximate surface area is 159 Å². The summed E-state index contributed by atoms with van der Waals surface area (Å²) in [5, 5.41) is 24.6. The van der Waals surface area contributed by atoms with Gasteiger partial charge in [0.25, 0.3) is 5.69 Å². The van der Waals surface area contributed by atoms with E-state index in [2.05, 4.69) is 55.1 Å². The number of aliphatic hydroxyl groups is 1. The fourth-order valence-corrected chi connectivity index (χ4v) is 3.39. The Kier molecular flexibility index (Phi) is 7.61. The molecule has 0 aliphatic carbocycles. The van der Waals surface area contributed by atoms with E-state index < -0.39 is 14.4 Å². The summed E-state index contributed by atoms with van der Waals surface area (Å²) < 4.78 is 6.70. The standard InChI is InChI=1S/C17H29BrN2O4Si/c1-12-14(18)7-8-15(16(12)20(22)23)19-10-9-13(21)11-24-25(5,6)17(2,3)4/h7-8,13,19,21H,9-11H2,1-6H3. The third kappa shape index (κ3) is 6.05. The molecule has 1 rings (SSSR count). The molecule has 0 bridgehead atoms. The molecule has 8 heteroatoms. The number of hydrogen-bond acceptors (Lipinski definition) is 5. The highest BCUT2D eigenvalue weighted by Crippen LogP contribution is 2.36. The van der Waals surface area contributed by atoms with Gasteiger partial charge in [0, 0.05) is 16.6 Å². The van der Waals surface area contributed by atoms with Crippen LogP contribution in [0.5, 0.6) is 0 Å². The lowest BCUT2D eigenvalue weighted by Crippen LogP contribution is -2.42. The van der Waals surface area contributed by atoms with E-state index >= 15 is 0 Å². The molecular weight excluding hydrogens is 404 g/mol. The lowest BCUT2D eigenvalue weighted by Gasteiger charge is -2.36. The summed E-state index contributed by atoms with van der Waals surface area (Å²) in [7, 11) is -1.88. The van der Waals surface area contributed by atoms with Crippen LogP contribution in [0.25, 0.3) is 0 Å². The van der Waals surface area contributed by atoms with Crippen LogP contribution < -0.4 is 5.32 Å². The zero-order chi connectivity index (χ0) is 19.4. The van der Waals surface area contributed by atoms with Gasteiger partial charge in [0.2, 0.25) is 0 Å². The highest BCUT2D eigenvalue weighted by molar-refractivity contribution is 9.10. The van der Waals surface area contributed by atoms with Gasteiger partial charge in [0.05, 0.1) is 17.6 Å². The monoisotopic (exact) mass is 432 g/mol. The number of nitro groups is 1. The number of nitrogens with one attached hydrogen (secondary N) is 1. The van der Waals surface area contributed by atoms with Gasteiger partial charge in [-0.15, -0.1) is 0 Å². The molecule has 1 aromatic rings. The van der Waals surface area contributed by atoms with E-state index in [1.165, 1.54) is 0 Å². The number of benzene rings is 1. The highest BCUT2D eigenvalue weighted by Gasteiger charge is 2.37. The number of nitrogens with zero attached hydrogens (tertiary/aromatic N) is 1. The van der Waals surface area contributed by atoms with E-state index in [-0.39, 0.29) is 15.6 Å². The Morgan fingerprint density at radius 3 is 2.52 bits per heavy atom. The first kappa shape index (κ1) is 22.1. The van der Waals surface area contributed by atoms with Crippen LogP contribution in [0.3, 0.4) is 0 Å². The number of nitro benzene ring substituents is 1. The van der Waals surface area contributed by atoms with Gasteiger partial charge in [-0.3, -0.25) is 10.1 Å². The first-order valence-corrected chi connectivity index (χ1v) is 12.1. The topological polar surface area (TPSA) is 84.6 Å². The van der Waals surface area contributed by atoms with Gasteiger partial charge in [-0.2, -0.15) is 0 Å². The van der Waals surface area contributed by atoms with Gasteiger partial charge in [-0.1, -0.05) is 36.7 Å². The van der Waals surface area contributed by atoms with E-state index in [0.717, 1.165) is 0 Å². The molecule has 0 aliphatic rings. The number of anilines is 1. The molecule has 0 aliphatic heterocycles. The maximum atomic E-state index is 11.3. The summed E-state index contributed by atoms with van der Waals surface area (Å²) in [4.78, 5) is 10.9. The maximum absolute atomic E-state index is 11.3. The van der Waals surface area contributed by atoms with Crippen LogP contribution in [0.1, 0.15) is 32.8 Å². The van der Waals surface area contributed by atoms with E-state index in [1.807, 2.05) is 0 Å². The van der Waals surface area contributed by atoms with Crippen LogP contribution in [0.15, 0.2) is 16.6 Å². The normalized spacial score (nSPS) is 13.6. The molecule has 6 nitrogen and oxygen atoms in total. The molecule has 0 amide bonds. The van der Waals surface area contributed by atoms with Gasteiger partial charge in [-0.05, 0) is 43.6 Å². The molecule has 0 radical (unpaired) electrons. The van der Waals surface area contributed by atoms with Crippen molar-refractivity contribution < 1.29 is 14.5 Å². The SMILES string of the molecule is Cc1c(Br)ccc(NCCC(O)CO[Si](C)(C)C(C)(C)C)c1[N+](=O)[O-]. The summed E-state index contributed by atoms with van der Waals surface area (Å²) in [5.74, 6) is 0. The first-order valence-electron chi connectivity index (χ1n) is 8.36. The van der Waals surface area contributed by atoms with Crippen molar-refractivity contribution in [2.24, 2.45) is 0 Å². The highest BCUT2D eigenvalue weighted by atomic mass is 79.9. The molecule has 142 valence electrons. The maximum Gasteiger partial charge on any atom is 0.296 e. The van der Waals surface area contributed by atoms with Crippen molar-refractivity contribution in [3.05, 3.63) is 32.3 Å². The lowest BCUT2D eigenvalue weighted by molar-refractivity contribution is -0.384. The minimum Gasteiger partial charge on any atom is -0.414 e. The summed E-state index contributed by atoms with van der Waals surface area (Å²) in [6, 6.07) is 3.45. The number of aliphatic hydroxyl groups excluding tert-OH is 1. The largest absolute Gasteiger partial charge is 0.414 e. The Morgan fingerprint density at radius 1 is 1.40 bits per heavy atom. The number of hydrogen-bond donors (Lipinski definition) is 2. The zero-order valence-corrected chi connectivity index (χ0v) is 18.4. The Bertz CT molecular complexity index is 617. The second-order valence-corrected chi connectivity index (χ2v) is 13.4. The Morgan fingerprint density at radius 2 is 2.00 bits per heavy atom. The third-order valence-electron chi connectivity index (χ3n) is 4.78. The molecule has 0 saturated heterocycles. The predicted octanol–water partition coefficient (Wildman–Crippen LogP) is 4.85. The molecule has 1 unspecified atom stereocenters. The van der Waals surface area contributed by atoms with Crippen LogP contribution in [-0.2, 0) is 4.43 Å². The molecule has 25 heavy (non-hydrogen) atoms. The van der Waals surface area contributed by atoms with E-state index in [0.29, 0.717) is 35.3 Å². The molecule has 1 aromatic carbocycles. The molecule has 2 N–H and O–H groups in total. The van der Waals surface area contributed by atoms with Gasteiger partial charge >= 0.3 is 0 Å². The molecule has 0 fully saturated rings. The van der Waals surface area contributed by atoms with Crippen LogP contribution in [0, 0.1) is 17.0 Å². The average Bonchev–Trinajstić information content (AvgIpc) is 2.47. The predicted molar refractivity (Wildman–Crippen MR) is 108 cm³/mol. The van der Waals surface area contributed by atoms with Crippen molar-refractivity contribution in [3.8, 4) is 0 Å². The second-order valence-electron chi connectivity index (χ2n) is 7.77. The number of rotatable bonds is 8. The summed E-state index contributed by atoms with van der Waals surface area (Å²) >= 11 is 3.31. The zero-order valence-electron chi connectivity index (χ0n) is 15.9. The summed E-state index contributed by atoms with van der Waals surface area (Å²) in [6.07, 6.45) is -0.141. The van der Waals surface area contributed by atoms with Crippen molar-refractivity contribution >= 4 is 35.6 Å². The van der Waals surface area contributed by atoms with Crippen molar-refractivity contribution in [1.82, 2.24) is 0 Å². The Hall–Kier alpha value is -0.963. The van der Waals surface area contributed by atoms with Crippen LogP contribution in [0.4, 0.5) is 11.4 Å². The van der Waals surface area contributed by atoms with Gasteiger partial charge in [0.1, 0.15) is 5.69 Å². The smallest absolute Gasteiger partial charge is 0.296 e. The fraction of sp³-hybridized carbons (Fsp3) is 0.647. The van der Waals surface area contributed by atoms with Crippen molar-refractivity contribution in [2.45, 2.75) is 58.4 Å². The lowest BCUT2D eigenvalue weighted by atomic mass is 10.1. The minimum atomic E-state index is -1.88. The van der Waals surface area contributed by atoms with Crippen molar-refractivity contribution in [1.29, 1.82) is 0 Å². The van der Waals surface area contributed by atoms with Gasteiger partial charge in [0.15, 0.2) is 8.32 Å². The summed E-state index contributed by atoms with van der Waals surface area (Å²) in [6.45, 7) is 13.2. The second kappa shape index (κ2) is 8.61. The van der Waals surface area contributed by atoms with Crippen LogP contribution in [-0.4, -0.2) is 37.6 Å². The first-order chi connectivity index (χ1) is 11.4. The quantitative estimate of drug-likeness (QED) is 0.348. The molecule has 1 atom stereocenters. The molecular formula is C17H29BrN2O4Si. The molecule has 0 saturated carbocycles. The minimum absolute atomic E-state index is 0.0568. The fourth-order valence-electron chi connectivity index (χ4n) is 2.03. The summed E-state index contributed by atoms with van der Waals surface area (Å²) in [5.41, 5.74) is 1.10. The Balaban J connectivity index is 2.58. The van der Waals surface area contributed by atoms with Gasteiger partial charge < -0.3 is 14.8 Å². The van der Waals surface area contributed by atoms with Crippen LogP contribution in [0.2, 0.25) is 18.1 Å². The van der Waals surface area contributed by atoms with Gasteiger partial charge in [-0.25, -0.2) is 0 Å². The van der Waals surface area contributed by atoms with E-state index in [9.17, 15) is 15.2 Å². The number of halogens is 1. The molecule has 0 aromatic heterocycles. The van der Waals surface area contributed by atoms with Crippen molar-refractivity contribution in [3.63, 3.8) is 0 Å². The molecule has 0 spiro atoms. The van der Waals surface area contributed by atoms with Crippen LogP contribution >= 0.6 is 15.9 Å². The van der Waals surface area contributed by atoms with E-state index in [1.54, 1.807) is 19.1 Å². The molecule has 0 heterocycles. The average molecular weight is 433 g/mol. The van der Waals surface area contributed by atoms with E-state index in [4.69, 9.17) is 4.43 Å².